The van der Waals surface area contributed by atoms with Gasteiger partial charge < -0.3 is 10.6 Å². The normalized spacial score (nSPS) is 10.4. The number of halogens is 1. The summed E-state index contributed by atoms with van der Waals surface area (Å²) >= 11 is 8.57. The van der Waals surface area contributed by atoms with Crippen LogP contribution >= 0.6 is 34.3 Å². The van der Waals surface area contributed by atoms with Gasteiger partial charge in [-0.05, 0) is 12.1 Å². The zero-order valence-corrected chi connectivity index (χ0v) is 13.5. The predicted molar refractivity (Wildman–Crippen MR) is 89.1 cm³/mol. The molecule has 0 radical (unpaired) electrons. The second-order valence-electron chi connectivity index (χ2n) is 4.19. The highest BCUT2D eigenvalue weighted by Gasteiger charge is 2.09. The summed E-state index contributed by atoms with van der Waals surface area (Å²) in [5, 5.41) is 11.3. The van der Waals surface area contributed by atoms with Crippen molar-refractivity contribution in [2.75, 3.05) is 10.6 Å². The fraction of sp³-hybridized carbons (Fsp3) is 0.0769. The highest BCUT2D eigenvalue weighted by molar-refractivity contribution is 7.14. The molecule has 0 saturated carbocycles. The number of aromatic nitrogens is 3. The zero-order valence-electron chi connectivity index (χ0n) is 11.1. The number of carbonyl (C=O) groups is 1. The molecular formula is C13H10ClN5OS2. The number of nitrogens with zero attached hydrogens (tertiary/aromatic N) is 3. The van der Waals surface area contributed by atoms with E-state index in [0.717, 1.165) is 0 Å². The van der Waals surface area contributed by atoms with Crippen molar-refractivity contribution in [3.05, 3.63) is 46.0 Å². The van der Waals surface area contributed by atoms with Crippen LogP contribution in [0.25, 0.3) is 0 Å². The molecule has 9 heteroatoms. The van der Waals surface area contributed by atoms with Gasteiger partial charge in [-0.2, -0.15) is 0 Å². The first-order chi connectivity index (χ1) is 10.7. The molecule has 0 unspecified atom stereocenters. The number of thiazole rings is 2. The maximum atomic E-state index is 11.9. The van der Waals surface area contributed by atoms with E-state index in [1.807, 2.05) is 5.38 Å². The lowest BCUT2D eigenvalue weighted by molar-refractivity contribution is -0.115. The Bertz CT molecular complexity index is 757. The van der Waals surface area contributed by atoms with Gasteiger partial charge in [-0.1, -0.05) is 11.6 Å². The molecule has 0 aliphatic heterocycles. The smallest absolute Gasteiger partial charge is 0.232 e. The Morgan fingerprint density at radius 3 is 2.86 bits per heavy atom. The number of carbonyl (C=O) groups excluding carboxylic acids is 1. The average molecular weight is 352 g/mol. The minimum Gasteiger partial charge on any atom is -0.316 e. The molecule has 1 amide bonds. The summed E-state index contributed by atoms with van der Waals surface area (Å²) in [6.45, 7) is 0. The minimum absolute atomic E-state index is 0.142. The fourth-order valence-electron chi connectivity index (χ4n) is 1.62. The van der Waals surface area contributed by atoms with Crippen LogP contribution in [-0.2, 0) is 11.2 Å². The Morgan fingerprint density at radius 1 is 1.23 bits per heavy atom. The van der Waals surface area contributed by atoms with Gasteiger partial charge in [-0.25, -0.2) is 15.0 Å². The lowest BCUT2D eigenvalue weighted by atomic mass is 10.3. The van der Waals surface area contributed by atoms with Crippen molar-refractivity contribution in [1.82, 2.24) is 15.0 Å². The first kappa shape index (κ1) is 14.9. The molecule has 112 valence electrons. The van der Waals surface area contributed by atoms with E-state index >= 15 is 0 Å². The third-order valence-corrected chi connectivity index (χ3v) is 4.25. The number of rotatable bonds is 5. The monoisotopic (exact) mass is 351 g/mol. The molecule has 22 heavy (non-hydrogen) atoms. The quantitative estimate of drug-likeness (QED) is 0.734. The summed E-state index contributed by atoms with van der Waals surface area (Å²) in [6.07, 6.45) is 3.40. The molecule has 0 aromatic carbocycles. The van der Waals surface area contributed by atoms with E-state index < -0.39 is 0 Å². The molecule has 0 saturated heterocycles. The summed E-state index contributed by atoms with van der Waals surface area (Å²) in [7, 11) is 0. The maximum Gasteiger partial charge on any atom is 0.232 e. The molecule has 0 bridgehead atoms. The SMILES string of the molecule is O=C(Cc1csc(Nc2ccc(Cl)cn2)n1)Nc1nccs1. The van der Waals surface area contributed by atoms with Crippen LogP contribution in [0.5, 0.6) is 0 Å². The number of hydrogen-bond donors (Lipinski definition) is 2. The van der Waals surface area contributed by atoms with E-state index in [-0.39, 0.29) is 12.3 Å². The summed E-state index contributed by atoms with van der Waals surface area (Å²) in [5.41, 5.74) is 0.690. The second-order valence-corrected chi connectivity index (χ2v) is 6.38. The molecule has 2 N–H and O–H groups in total. The van der Waals surface area contributed by atoms with Crippen molar-refractivity contribution in [3.63, 3.8) is 0 Å². The molecule has 0 spiro atoms. The lowest BCUT2D eigenvalue weighted by Gasteiger charge is -2.01. The van der Waals surface area contributed by atoms with E-state index in [0.29, 0.717) is 26.8 Å². The Labute approximate surface area is 139 Å². The van der Waals surface area contributed by atoms with Gasteiger partial charge in [0.1, 0.15) is 5.82 Å². The third-order valence-electron chi connectivity index (χ3n) is 2.53. The number of amides is 1. The lowest BCUT2D eigenvalue weighted by Crippen LogP contribution is -2.14. The first-order valence-corrected chi connectivity index (χ1v) is 8.35. The molecule has 3 aromatic heterocycles. The van der Waals surface area contributed by atoms with Crippen LogP contribution in [-0.4, -0.2) is 20.9 Å². The molecule has 0 atom stereocenters. The van der Waals surface area contributed by atoms with Crippen LogP contribution in [0.1, 0.15) is 5.69 Å². The van der Waals surface area contributed by atoms with Gasteiger partial charge in [0.2, 0.25) is 5.91 Å². The van der Waals surface area contributed by atoms with Crippen LogP contribution in [0.3, 0.4) is 0 Å². The van der Waals surface area contributed by atoms with Crippen LogP contribution < -0.4 is 10.6 Å². The van der Waals surface area contributed by atoms with Crippen LogP contribution in [0.15, 0.2) is 35.3 Å². The number of pyridine rings is 1. The van der Waals surface area contributed by atoms with Gasteiger partial charge in [0.15, 0.2) is 10.3 Å². The van der Waals surface area contributed by atoms with Gasteiger partial charge in [-0.3, -0.25) is 4.79 Å². The highest BCUT2D eigenvalue weighted by atomic mass is 35.5. The third kappa shape index (κ3) is 4.00. The number of hydrogen-bond acceptors (Lipinski definition) is 7. The van der Waals surface area contributed by atoms with Crippen molar-refractivity contribution >= 4 is 56.3 Å². The van der Waals surface area contributed by atoms with Crippen molar-refractivity contribution in [1.29, 1.82) is 0 Å². The van der Waals surface area contributed by atoms with Crippen molar-refractivity contribution in [2.24, 2.45) is 0 Å². The Morgan fingerprint density at radius 2 is 2.14 bits per heavy atom. The Kier molecular flexibility index (Phi) is 4.62. The van der Waals surface area contributed by atoms with E-state index in [9.17, 15) is 4.79 Å². The van der Waals surface area contributed by atoms with Gasteiger partial charge in [0.25, 0.3) is 0 Å². The van der Waals surface area contributed by atoms with Gasteiger partial charge in [0.05, 0.1) is 17.1 Å². The molecular weight excluding hydrogens is 342 g/mol. The van der Waals surface area contributed by atoms with Crippen molar-refractivity contribution in [2.45, 2.75) is 6.42 Å². The zero-order chi connectivity index (χ0) is 15.4. The summed E-state index contributed by atoms with van der Waals surface area (Å²) in [6, 6.07) is 3.51. The largest absolute Gasteiger partial charge is 0.316 e. The highest BCUT2D eigenvalue weighted by Crippen LogP contribution is 2.21. The molecule has 6 nitrogen and oxygen atoms in total. The van der Waals surface area contributed by atoms with Crippen LogP contribution in [0.2, 0.25) is 5.02 Å². The Hall–Kier alpha value is -2.03. The fourth-order valence-corrected chi connectivity index (χ4v) is 2.99. The van der Waals surface area contributed by atoms with Gasteiger partial charge in [-0.15, -0.1) is 22.7 Å². The van der Waals surface area contributed by atoms with Crippen LogP contribution in [0.4, 0.5) is 16.1 Å². The standard InChI is InChI=1S/C13H10ClN5OS2/c14-8-1-2-10(16-6-8)18-13-17-9(7-22-13)5-11(20)19-12-15-3-4-21-12/h1-4,6-7H,5H2,(H,15,19,20)(H,16,17,18). The number of anilines is 3. The van der Waals surface area contributed by atoms with Crippen molar-refractivity contribution in [3.8, 4) is 0 Å². The predicted octanol–water partition coefficient (Wildman–Crippen LogP) is 3.57. The average Bonchev–Trinajstić information content (AvgIpc) is 3.14. The molecule has 3 heterocycles. The second kappa shape index (κ2) is 6.82. The van der Waals surface area contributed by atoms with E-state index in [1.54, 1.807) is 29.9 Å². The molecule has 3 rings (SSSR count). The van der Waals surface area contributed by atoms with E-state index in [1.165, 1.54) is 22.7 Å². The molecule has 0 aliphatic carbocycles. The summed E-state index contributed by atoms with van der Waals surface area (Å²) < 4.78 is 0. The van der Waals surface area contributed by atoms with Gasteiger partial charge >= 0.3 is 0 Å². The molecule has 0 aliphatic rings. The molecule has 3 aromatic rings. The van der Waals surface area contributed by atoms with Crippen molar-refractivity contribution < 1.29 is 4.79 Å². The summed E-state index contributed by atoms with van der Waals surface area (Å²) in [5.74, 6) is 0.508. The summed E-state index contributed by atoms with van der Waals surface area (Å²) in [4.78, 5) is 24.3. The Balaban J connectivity index is 1.58. The topological polar surface area (TPSA) is 79.8 Å². The minimum atomic E-state index is -0.142. The van der Waals surface area contributed by atoms with Crippen LogP contribution in [0, 0.1) is 0 Å². The maximum absolute atomic E-state index is 11.9. The first-order valence-electron chi connectivity index (χ1n) is 6.21. The van der Waals surface area contributed by atoms with E-state index in [4.69, 9.17) is 11.6 Å². The van der Waals surface area contributed by atoms with E-state index in [2.05, 4.69) is 25.6 Å². The molecule has 0 fully saturated rings. The number of nitrogens with one attached hydrogen (secondary N) is 2. The van der Waals surface area contributed by atoms with Gasteiger partial charge in [0, 0.05) is 23.2 Å².